The molecule has 1 heterocycles. The summed E-state index contributed by atoms with van der Waals surface area (Å²) in [5.74, 6) is -0.910. The minimum atomic E-state index is -3.99. The van der Waals surface area contributed by atoms with Crippen molar-refractivity contribution in [3.8, 4) is 11.3 Å². The van der Waals surface area contributed by atoms with Gasteiger partial charge in [0.1, 0.15) is 6.54 Å². The highest BCUT2D eigenvalue weighted by atomic mass is 32.2. The largest absolute Gasteiger partial charge is 0.480 e. The average Bonchev–Trinajstić information content (AvgIpc) is 2.98. The Kier molecular flexibility index (Phi) is 4.62. The first-order valence-corrected chi connectivity index (χ1v) is 8.01. The van der Waals surface area contributed by atoms with Gasteiger partial charge >= 0.3 is 5.97 Å². The Bertz CT molecular complexity index is 753. The molecule has 1 aromatic carbocycles. The molecule has 0 atom stereocenters. The molecule has 22 heavy (non-hydrogen) atoms. The Morgan fingerprint density at radius 2 is 2.00 bits per heavy atom. The van der Waals surface area contributed by atoms with E-state index in [2.05, 4.69) is 5.16 Å². The molecule has 0 fully saturated rings. The number of nitrogens with zero attached hydrogens (tertiary/aromatic N) is 2. The molecule has 1 aromatic heterocycles. The Morgan fingerprint density at radius 3 is 2.55 bits per heavy atom. The molecule has 0 bridgehead atoms. The standard InChI is InChI=1S/C14H16N2O5S/c1-10(2)16(9-14(17)18)22(19,20)13-6-4-3-5-11(13)12-7-8-15-21-12/h3-8,10H,9H2,1-2H3,(H,17,18). The number of benzene rings is 1. The molecule has 1 N–H and O–H groups in total. The lowest BCUT2D eigenvalue weighted by Crippen LogP contribution is -2.40. The van der Waals surface area contributed by atoms with Crippen LogP contribution in [0.15, 0.2) is 45.9 Å². The first-order chi connectivity index (χ1) is 10.3. The summed E-state index contributed by atoms with van der Waals surface area (Å²) in [4.78, 5) is 11.0. The fourth-order valence-corrected chi connectivity index (χ4v) is 3.84. The van der Waals surface area contributed by atoms with Crippen LogP contribution in [-0.4, -0.2) is 41.5 Å². The molecule has 0 amide bonds. The van der Waals surface area contributed by atoms with Crippen LogP contribution in [0, 0.1) is 0 Å². The number of aliphatic carboxylic acids is 1. The number of carbonyl (C=O) groups is 1. The molecule has 7 nitrogen and oxygen atoms in total. The van der Waals surface area contributed by atoms with E-state index in [-0.39, 0.29) is 4.90 Å². The molecule has 8 heteroatoms. The Morgan fingerprint density at radius 1 is 1.32 bits per heavy atom. The predicted molar refractivity (Wildman–Crippen MR) is 78.6 cm³/mol. The van der Waals surface area contributed by atoms with Crippen LogP contribution in [0.5, 0.6) is 0 Å². The summed E-state index contributed by atoms with van der Waals surface area (Å²) in [7, 11) is -3.99. The summed E-state index contributed by atoms with van der Waals surface area (Å²) in [5.41, 5.74) is 0.344. The maximum Gasteiger partial charge on any atom is 0.318 e. The maximum atomic E-state index is 12.8. The Balaban J connectivity index is 2.56. The van der Waals surface area contributed by atoms with Crippen LogP contribution in [-0.2, 0) is 14.8 Å². The fraction of sp³-hybridized carbons (Fsp3) is 0.286. The zero-order chi connectivity index (χ0) is 16.3. The zero-order valence-electron chi connectivity index (χ0n) is 12.1. The van der Waals surface area contributed by atoms with E-state index in [1.165, 1.54) is 12.3 Å². The Hall–Kier alpha value is -2.19. The maximum absolute atomic E-state index is 12.8. The van der Waals surface area contributed by atoms with Gasteiger partial charge in [0.15, 0.2) is 5.76 Å². The van der Waals surface area contributed by atoms with Crippen LogP contribution in [0.1, 0.15) is 13.8 Å². The van der Waals surface area contributed by atoms with Crippen molar-refractivity contribution in [1.82, 2.24) is 9.46 Å². The molecule has 0 spiro atoms. The smallest absolute Gasteiger partial charge is 0.318 e. The summed E-state index contributed by atoms with van der Waals surface area (Å²) in [6.07, 6.45) is 1.41. The third kappa shape index (κ3) is 3.18. The Labute approximate surface area is 128 Å². The molecular weight excluding hydrogens is 308 g/mol. The quantitative estimate of drug-likeness (QED) is 0.870. The number of aromatic nitrogens is 1. The molecule has 0 radical (unpaired) electrons. The molecule has 2 rings (SSSR count). The molecule has 0 aliphatic rings. The van der Waals surface area contributed by atoms with Crippen molar-refractivity contribution in [2.24, 2.45) is 0 Å². The molecule has 0 aliphatic carbocycles. The number of hydrogen-bond acceptors (Lipinski definition) is 5. The van der Waals surface area contributed by atoms with Crippen LogP contribution >= 0.6 is 0 Å². The first-order valence-electron chi connectivity index (χ1n) is 6.57. The van der Waals surface area contributed by atoms with Crippen LogP contribution in [0.4, 0.5) is 0 Å². The molecule has 0 unspecified atom stereocenters. The molecule has 0 saturated heterocycles. The number of carboxylic acid groups (broad SMARTS) is 1. The zero-order valence-corrected chi connectivity index (χ0v) is 12.9. The van der Waals surface area contributed by atoms with Gasteiger partial charge in [-0.2, -0.15) is 4.31 Å². The van der Waals surface area contributed by atoms with Gasteiger partial charge in [-0.25, -0.2) is 8.42 Å². The van der Waals surface area contributed by atoms with E-state index in [1.54, 1.807) is 38.1 Å². The van der Waals surface area contributed by atoms with Gasteiger partial charge in [-0.05, 0) is 26.0 Å². The summed E-state index contributed by atoms with van der Waals surface area (Å²) in [6, 6.07) is 7.31. The van der Waals surface area contributed by atoms with E-state index >= 15 is 0 Å². The van der Waals surface area contributed by atoms with Gasteiger partial charge in [-0.15, -0.1) is 0 Å². The predicted octanol–water partition coefficient (Wildman–Crippen LogP) is 1.83. The topological polar surface area (TPSA) is 101 Å². The van der Waals surface area contributed by atoms with Gasteiger partial charge in [0, 0.05) is 17.7 Å². The van der Waals surface area contributed by atoms with Gasteiger partial charge in [-0.1, -0.05) is 17.3 Å². The highest BCUT2D eigenvalue weighted by Crippen LogP contribution is 2.29. The van der Waals surface area contributed by atoms with Crippen molar-refractivity contribution in [2.75, 3.05) is 6.54 Å². The summed E-state index contributed by atoms with van der Waals surface area (Å²) in [5, 5.41) is 12.5. The number of sulfonamides is 1. The SMILES string of the molecule is CC(C)N(CC(=O)O)S(=O)(=O)c1ccccc1-c1ccno1. The van der Waals surface area contributed by atoms with E-state index in [4.69, 9.17) is 9.63 Å². The molecule has 2 aromatic rings. The van der Waals surface area contributed by atoms with Crippen molar-refractivity contribution >= 4 is 16.0 Å². The fourth-order valence-electron chi connectivity index (χ4n) is 2.05. The van der Waals surface area contributed by atoms with E-state index in [1.807, 2.05) is 0 Å². The minimum Gasteiger partial charge on any atom is -0.480 e. The van der Waals surface area contributed by atoms with Crippen molar-refractivity contribution < 1.29 is 22.8 Å². The van der Waals surface area contributed by atoms with Crippen LogP contribution < -0.4 is 0 Å². The van der Waals surface area contributed by atoms with E-state index in [0.717, 1.165) is 4.31 Å². The van der Waals surface area contributed by atoms with Crippen molar-refractivity contribution in [2.45, 2.75) is 24.8 Å². The lowest BCUT2D eigenvalue weighted by atomic mass is 10.2. The van der Waals surface area contributed by atoms with Gasteiger partial charge in [0.25, 0.3) is 0 Å². The number of hydrogen-bond donors (Lipinski definition) is 1. The minimum absolute atomic E-state index is 0.0123. The van der Waals surface area contributed by atoms with Gasteiger partial charge < -0.3 is 9.63 Å². The number of rotatable bonds is 6. The van der Waals surface area contributed by atoms with E-state index < -0.39 is 28.6 Å². The molecule has 0 aliphatic heterocycles. The second-order valence-corrected chi connectivity index (χ2v) is 6.77. The summed E-state index contributed by atoms with van der Waals surface area (Å²) in [6.45, 7) is 2.64. The second kappa shape index (κ2) is 6.29. The van der Waals surface area contributed by atoms with Gasteiger partial charge in [-0.3, -0.25) is 4.79 Å². The highest BCUT2D eigenvalue weighted by molar-refractivity contribution is 7.89. The summed E-state index contributed by atoms with van der Waals surface area (Å²) < 4.78 is 31.6. The normalized spacial score (nSPS) is 12.0. The lowest BCUT2D eigenvalue weighted by molar-refractivity contribution is -0.137. The third-order valence-corrected chi connectivity index (χ3v) is 5.12. The third-order valence-electron chi connectivity index (χ3n) is 3.04. The molecular formula is C14H16N2O5S. The highest BCUT2D eigenvalue weighted by Gasteiger charge is 2.31. The lowest BCUT2D eigenvalue weighted by Gasteiger charge is -2.24. The van der Waals surface area contributed by atoms with Crippen LogP contribution in [0.25, 0.3) is 11.3 Å². The van der Waals surface area contributed by atoms with Crippen molar-refractivity contribution in [3.63, 3.8) is 0 Å². The second-order valence-electron chi connectivity index (χ2n) is 4.91. The van der Waals surface area contributed by atoms with Crippen LogP contribution in [0.3, 0.4) is 0 Å². The molecule has 0 saturated carbocycles. The van der Waals surface area contributed by atoms with E-state index in [0.29, 0.717) is 11.3 Å². The number of carboxylic acids is 1. The average molecular weight is 324 g/mol. The summed E-state index contributed by atoms with van der Waals surface area (Å²) >= 11 is 0. The van der Waals surface area contributed by atoms with Gasteiger partial charge in [0.2, 0.25) is 10.0 Å². The van der Waals surface area contributed by atoms with Gasteiger partial charge in [0.05, 0.1) is 11.1 Å². The first kappa shape index (κ1) is 16.2. The molecule has 118 valence electrons. The van der Waals surface area contributed by atoms with E-state index in [9.17, 15) is 13.2 Å². The monoisotopic (exact) mass is 324 g/mol. The van der Waals surface area contributed by atoms with Crippen LogP contribution in [0.2, 0.25) is 0 Å². The van der Waals surface area contributed by atoms with Crippen molar-refractivity contribution in [1.29, 1.82) is 0 Å². The van der Waals surface area contributed by atoms with Crippen molar-refractivity contribution in [3.05, 3.63) is 36.5 Å².